The van der Waals surface area contributed by atoms with Crippen LogP contribution in [0.25, 0.3) is 0 Å². The van der Waals surface area contributed by atoms with E-state index in [9.17, 15) is 9.59 Å². The van der Waals surface area contributed by atoms with Gasteiger partial charge < -0.3 is 24.4 Å². The van der Waals surface area contributed by atoms with Crippen LogP contribution in [0.5, 0.6) is 17.2 Å². The predicted octanol–water partition coefficient (Wildman–Crippen LogP) is 4.34. The van der Waals surface area contributed by atoms with E-state index < -0.39 is 11.9 Å². The van der Waals surface area contributed by atoms with E-state index in [0.29, 0.717) is 22.8 Å². The Morgan fingerprint density at radius 2 is 1.68 bits per heavy atom. The van der Waals surface area contributed by atoms with E-state index >= 15 is 0 Å². The molecule has 0 unspecified atom stereocenters. The van der Waals surface area contributed by atoms with E-state index in [2.05, 4.69) is 15.3 Å². The third-order valence-corrected chi connectivity index (χ3v) is 6.79. The van der Waals surface area contributed by atoms with Crippen LogP contribution in [0.2, 0.25) is 0 Å². The van der Waals surface area contributed by atoms with Crippen LogP contribution >= 0.6 is 0 Å². The lowest BCUT2D eigenvalue weighted by molar-refractivity contribution is -0.127. The minimum atomic E-state index is -0.951. The number of amides is 2. The molecule has 1 N–H and O–H groups in total. The van der Waals surface area contributed by atoms with Crippen LogP contribution in [-0.4, -0.2) is 54.1 Å². The highest BCUT2D eigenvalue weighted by atomic mass is 16.5. The summed E-state index contributed by atoms with van der Waals surface area (Å²) in [7, 11) is 4.69. The van der Waals surface area contributed by atoms with Gasteiger partial charge in [0.1, 0.15) is 17.5 Å². The molecule has 1 atom stereocenters. The SMILES string of the molecule is COc1ccc(CN(C(=O)c2cnccn2)[C@@H](C(=O)NC2CCCCC2)c2ccc(OC)c(OC)c2)cc1. The third kappa shape index (κ3) is 6.40. The van der Waals surface area contributed by atoms with Crippen molar-refractivity contribution in [1.29, 1.82) is 0 Å². The number of ether oxygens (including phenoxy) is 3. The van der Waals surface area contributed by atoms with Crippen LogP contribution in [-0.2, 0) is 11.3 Å². The van der Waals surface area contributed by atoms with Gasteiger partial charge in [0.2, 0.25) is 5.91 Å². The number of rotatable bonds is 10. The van der Waals surface area contributed by atoms with Crippen LogP contribution in [0.3, 0.4) is 0 Å². The molecule has 9 heteroatoms. The first-order valence-electron chi connectivity index (χ1n) is 12.8. The largest absolute Gasteiger partial charge is 0.497 e. The van der Waals surface area contributed by atoms with Gasteiger partial charge in [-0.1, -0.05) is 37.5 Å². The Balaban J connectivity index is 1.78. The fourth-order valence-corrected chi connectivity index (χ4v) is 4.79. The molecule has 1 saturated carbocycles. The van der Waals surface area contributed by atoms with Gasteiger partial charge >= 0.3 is 0 Å². The molecule has 38 heavy (non-hydrogen) atoms. The Morgan fingerprint density at radius 1 is 0.947 bits per heavy atom. The van der Waals surface area contributed by atoms with Crippen molar-refractivity contribution in [2.24, 2.45) is 0 Å². The number of methoxy groups -OCH3 is 3. The van der Waals surface area contributed by atoms with Crippen molar-refractivity contribution < 1.29 is 23.8 Å². The lowest BCUT2D eigenvalue weighted by Crippen LogP contribution is -2.47. The molecule has 1 fully saturated rings. The van der Waals surface area contributed by atoms with E-state index in [1.54, 1.807) is 39.5 Å². The smallest absolute Gasteiger partial charge is 0.275 e. The molecule has 0 radical (unpaired) electrons. The highest BCUT2D eigenvalue weighted by molar-refractivity contribution is 5.96. The minimum absolute atomic E-state index is 0.0633. The average molecular weight is 519 g/mol. The summed E-state index contributed by atoms with van der Waals surface area (Å²) in [6, 6.07) is 11.8. The van der Waals surface area contributed by atoms with Crippen molar-refractivity contribution in [2.75, 3.05) is 21.3 Å². The Bertz CT molecular complexity index is 1210. The molecule has 3 aromatic rings. The number of nitrogens with zero attached hydrogens (tertiary/aromatic N) is 3. The zero-order valence-electron chi connectivity index (χ0n) is 22.1. The second kappa shape index (κ2) is 12.9. The van der Waals surface area contributed by atoms with E-state index in [0.717, 1.165) is 31.2 Å². The summed E-state index contributed by atoms with van der Waals surface area (Å²) in [5.41, 5.74) is 1.58. The fourth-order valence-electron chi connectivity index (χ4n) is 4.79. The predicted molar refractivity (Wildman–Crippen MR) is 142 cm³/mol. The summed E-state index contributed by atoms with van der Waals surface area (Å²) >= 11 is 0. The van der Waals surface area contributed by atoms with Gasteiger partial charge in [0.05, 0.1) is 27.5 Å². The van der Waals surface area contributed by atoms with Gasteiger partial charge in [-0.2, -0.15) is 0 Å². The number of carbonyl (C=O) groups excluding carboxylic acids is 2. The van der Waals surface area contributed by atoms with Crippen LogP contribution in [0.15, 0.2) is 61.1 Å². The maximum Gasteiger partial charge on any atom is 0.275 e. The van der Waals surface area contributed by atoms with Gasteiger partial charge in [-0.05, 0) is 48.2 Å². The standard InChI is InChI=1S/C29H34N4O5/c1-36-23-12-9-20(10-13-23)19-33(29(35)24-18-30-15-16-31-24)27(28(34)32-22-7-5-4-6-8-22)21-11-14-25(37-2)26(17-21)38-3/h9-18,22,27H,4-8,19H2,1-3H3,(H,32,34)/t27-/m1/s1. The van der Waals surface area contributed by atoms with Crippen molar-refractivity contribution in [3.63, 3.8) is 0 Å². The van der Waals surface area contributed by atoms with Gasteiger partial charge in [0.15, 0.2) is 11.5 Å². The number of carbonyl (C=O) groups is 2. The lowest BCUT2D eigenvalue weighted by Gasteiger charge is -2.33. The average Bonchev–Trinajstić information content (AvgIpc) is 2.97. The molecule has 1 heterocycles. The molecule has 0 aliphatic heterocycles. The van der Waals surface area contributed by atoms with Crippen molar-refractivity contribution in [1.82, 2.24) is 20.2 Å². The molecular weight excluding hydrogens is 484 g/mol. The Hall–Kier alpha value is -4.14. The molecule has 1 aliphatic carbocycles. The van der Waals surface area contributed by atoms with Crippen molar-refractivity contribution in [3.8, 4) is 17.2 Å². The van der Waals surface area contributed by atoms with E-state index in [4.69, 9.17) is 14.2 Å². The zero-order valence-corrected chi connectivity index (χ0v) is 22.1. The molecule has 0 bridgehead atoms. The first-order chi connectivity index (χ1) is 18.5. The summed E-state index contributed by atoms with van der Waals surface area (Å²) in [4.78, 5) is 37.8. The summed E-state index contributed by atoms with van der Waals surface area (Å²) in [6.07, 6.45) is 9.52. The lowest BCUT2D eigenvalue weighted by atomic mass is 9.94. The topological polar surface area (TPSA) is 103 Å². The number of hydrogen-bond donors (Lipinski definition) is 1. The summed E-state index contributed by atoms with van der Waals surface area (Å²) in [5.74, 6) is 1.04. The molecular formula is C29H34N4O5. The molecule has 2 amide bonds. The first kappa shape index (κ1) is 26.9. The van der Waals surface area contributed by atoms with Crippen molar-refractivity contribution >= 4 is 11.8 Å². The molecule has 0 saturated heterocycles. The van der Waals surface area contributed by atoms with Gasteiger partial charge in [-0.3, -0.25) is 14.6 Å². The molecule has 2 aromatic carbocycles. The molecule has 200 valence electrons. The minimum Gasteiger partial charge on any atom is -0.497 e. The van der Waals surface area contributed by atoms with Crippen LogP contribution < -0.4 is 19.5 Å². The number of hydrogen-bond acceptors (Lipinski definition) is 7. The van der Waals surface area contributed by atoms with Gasteiger partial charge in [0, 0.05) is 25.0 Å². The maximum absolute atomic E-state index is 14.0. The van der Waals surface area contributed by atoms with E-state index in [1.807, 2.05) is 24.3 Å². The highest BCUT2D eigenvalue weighted by Gasteiger charge is 2.34. The summed E-state index contributed by atoms with van der Waals surface area (Å²) in [5, 5.41) is 3.21. The normalized spacial score (nSPS) is 14.3. The van der Waals surface area contributed by atoms with E-state index in [1.165, 1.54) is 29.9 Å². The number of benzene rings is 2. The van der Waals surface area contributed by atoms with Gasteiger partial charge in [-0.25, -0.2) is 4.98 Å². The molecule has 1 aliphatic rings. The zero-order chi connectivity index (χ0) is 26.9. The first-order valence-corrected chi connectivity index (χ1v) is 12.8. The second-order valence-electron chi connectivity index (χ2n) is 9.23. The second-order valence-corrected chi connectivity index (χ2v) is 9.23. The molecule has 4 rings (SSSR count). The summed E-state index contributed by atoms with van der Waals surface area (Å²) in [6.45, 7) is 0.163. The fraction of sp³-hybridized carbons (Fsp3) is 0.379. The Labute approximate surface area is 223 Å². The highest BCUT2D eigenvalue weighted by Crippen LogP contribution is 2.34. The molecule has 1 aromatic heterocycles. The summed E-state index contributed by atoms with van der Waals surface area (Å²) < 4.78 is 16.2. The van der Waals surface area contributed by atoms with Crippen LogP contribution in [0.4, 0.5) is 0 Å². The van der Waals surface area contributed by atoms with Crippen molar-refractivity contribution in [2.45, 2.75) is 50.7 Å². The monoisotopic (exact) mass is 518 g/mol. The molecule has 0 spiro atoms. The van der Waals surface area contributed by atoms with Crippen LogP contribution in [0, 0.1) is 0 Å². The number of aromatic nitrogens is 2. The van der Waals surface area contributed by atoms with Gasteiger partial charge in [0.25, 0.3) is 5.91 Å². The van der Waals surface area contributed by atoms with Crippen LogP contribution in [0.1, 0.15) is 59.8 Å². The Kier molecular flexibility index (Phi) is 9.13. The maximum atomic E-state index is 14.0. The van der Waals surface area contributed by atoms with E-state index in [-0.39, 0.29) is 24.2 Å². The number of nitrogens with one attached hydrogen (secondary N) is 1. The van der Waals surface area contributed by atoms with Crippen molar-refractivity contribution in [3.05, 3.63) is 77.9 Å². The quantitative estimate of drug-likeness (QED) is 0.426. The third-order valence-electron chi connectivity index (χ3n) is 6.79. The molecule has 9 nitrogen and oxygen atoms in total. The Morgan fingerprint density at radius 3 is 2.32 bits per heavy atom. The van der Waals surface area contributed by atoms with Gasteiger partial charge in [-0.15, -0.1) is 0 Å².